The van der Waals surface area contributed by atoms with Crippen LogP contribution in [0.5, 0.6) is 0 Å². The minimum absolute atomic E-state index is 0.189. The molecule has 3 rings (SSSR count). The fourth-order valence-electron chi connectivity index (χ4n) is 2.55. The van der Waals surface area contributed by atoms with Gasteiger partial charge in [-0.15, -0.1) is 0 Å². The Kier molecular flexibility index (Phi) is 2.57. The van der Waals surface area contributed by atoms with E-state index < -0.39 is 0 Å². The summed E-state index contributed by atoms with van der Waals surface area (Å²) < 4.78 is 0.932. The van der Waals surface area contributed by atoms with Crippen LogP contribution in [0, 0.1) is 13.7 Å². The van der Waals surface area contributed by atoms with Gasteiger partial charge in [0.05, 0.1) is 10.4 Å². The largest absolute Gasteiger partial charge is 0.357 e. The Morgan fingerprint density at radius 2 is 2.06 bits per heavy atom. The van der Waals surface area contributed by atoms with Gasteiger partial charge in [0.15, 0.2) is 0 Å². The third-order valence-corrected chi connectivity index (χ3v) is 4.21. The quantitative estimate of drug-likeness (QED) is 0.489. The van der Waals surface area contributed by atoms with E-state index in [1.54, 1.807) is 12.1 Å². The minimum Gasteiger partial charge on any atom is -0.357 e. The molecule has 5 heteroatoms. The number of aryl methyl sites for hydroxylation is 2. The molecule has 0 aliphatic heterocycles. The molecular formula is C12H11IN2O2. The van der Waals surface area contributed by atoms with Crippen molar-refractivity contribution in [3.63, 3.8) is 0 Å². The summed E-state index contributed by atoms with van der Waals surface area (Å²) >= 11 is 2.16. The summed E-state index contributed by atoms with van der Waals surface area (Å²) in [6.45, 7) is 0. The van der Waals surface area contributed by atoms with Crippen LogP contribution in [0.4, 0.5) is 5.69 Å². The fraction of sp³-hybridized carbons (Fsp3) is 0.333. The van der Waals surface area contributed by atoms with E-state index in [4.69, 9.17) is 0 Å². The minimum atomic E-state index is -0.316. The van der Waals surface area contributed by atoms with Gasteiger partial charge >= 0.3 is 0 Å². The highest BCUT2D eigenvalue weighted by Crippen LogP contribution is 2.34. The zero-order valence-electron chi connectivity index (χ0n) is 9.12. The highest BCUT2D eigenvalue weighted by atomic mass is 127. The molecule has 0 unspecified atom stereocenters. The molecule has 1 aliphatic carbocycles. The third kappa shape index (κ3) is 1.72. The number of hydrogen-bond acceptors (Lipinski definition) is 2. The number of rotatable bonds is 1. The molecule has 0 saturated heterocycles. The number of halogens is 1. The van der Waals surface area contributed by atoms with Crippen molar-refractivity contribution >= 4 is 39.2 Å². The number of non-ortho nitro benzene ring substituents is 1. The first kappa shape index (κ1) is 11.0. The number of nitro benzene ring substituents is 1. The number of nitro groups is 1. The van der Waals surface area contributed by atoms with Gasteiger partial charge in [0.2, 0.25) is 0 Å². The smallest absolute Gasteiger partial charge is 0.271 e. The molecule has 0 bridgehead atoms. The second-order valence-electron chi connectivity index (χ2n) is 4.40. The number of aromatic nitrogens is 1. The standard InChI is InChI=1S/C12H11IN2O2/c13-10-6-7(15(16)17)5-9-8-3-1-2-4-11(8)14-12(9)10/h5-6,14H,1-4H2. The molecular weight excluding hydrogens is 331 g/mol. The van der Waals surface area contributed by atoms with Crippen LogP contribution < -0.4 is 0 Å². The Morgan fingerprint density at radius 3 is 2.82 bits per heavy atom. The van der Waals surface area contributed by atoms with Crippen molar-refractivity contribution in [3.05, 3.63) is 37.1 Å². The number of nitrogens with one attached hydrogen (secondary N) is 1. The van der Waals surface area contributed by atoms with Crippen molar-refractivity contribution in [1.82, 2.24) is 4.98 Å². The molecule has 1 N–H and O–H groups in total. The molecule has 1 aliphatic rings. The zero-order chi connectivity index (χ0) is 12.0. The second-order valence-corrected chi connectivity index (χ2v) is 5.56. The van der Waals surface area contributed by atoms with E-state index in [-0.39, 0.29) is 10.6 Å². The van der Waals surface area contributed by atoms with Gasteiger partial charge in [-0.3, -0.25) is 10.1 Å². The number of hydrogen-bond donors (Lipinski definition) is 1. The lowest BCUT2D eigenvalue weighted by Gasteiger charge is -2.10. The van der Waals surface area contributed by atoms with Gasteiger partial charge < -0.3 is 4.98 Å². The number of fused-ring (bicyclic) bond motifs is 3. The highest BCUT2D eigenvalue weighted by molar-refractivity contribution is 14.1. The van der Waals surface area contributed by atoms with E-state index >= 15 is 0 Å². The Morgan fingerprint density at radius 1 is 1.29 bits per heavy atom. The van der Waals surface area contributed by atoms with Crippen molar-refractivity contribution in [3.8, 4) is 0 Å². The molecule has 2 aromatic rings. The lowest BCUT2D eigenvalue weighted by atomic mass is 9.95. The Bertz CT molecular complexity index is 618. The van der Waals surface area contributed by atoms with Gasteiger partial charge in [-0.05, 0) is 53.8 Å². The zero-order valence-corrected chi connectivity index (χ0v) is 11.3. The molecule has 0 saturated carbocycles. The normalized spacial score (nSPS) is 14.9. The van der Waals surface area contributed by atoms with Crippen LogP contribution in [0.25, 0.3) is 10.9 Å². The van der Waals surface area contributed by atoms with Crippen LogP contribution in [0.1, 0.15) is 24.1 Å². The lowest BCUT2D eigenvalue weighted by Crippen LogP contribution is -2.00. The monoisotopic (exact) mass is 342 g/mol. The van der Waals surface area contributed by atoms with Crippen LogP contribution in [-0.4, -0.2) is 9.91 Å². The maximum atomic E-state index is 10.9. The number of nitrogens with zero attached hydrogens (tertiary/aromatic N) is 1. The Labute approximate surface area is 112 Å². The molecule has 4 nitrogen and oxygen atoms in total. The Hall–Kier alpha value is -1.11. The molecule has 88 valence electrons. The maximum Gasteiger partial charge on any atom is 0.271 e. The molecule has 0 fully saturated rings. The number of H-pyrrole nitrogens is 1. The predicted octanol–water partition coefficient (Wildman–Crippen LogP) is 3.56. The topological polar surface area (TPSA) is 58.9 Å². The molecule has 0 atom stereocenters. The molecule has 0 amide bonds. The van der Waals surface area contributed by atoms with E-state index in [0.717, 1.165) is 27.3 Å². The van der Waals surface area contributed by atoms with Crippen LogP contribution >= 0.6 is 22.6 Å². The van der Waals surface area contributed by atoms with Crippen LogP contribution in [0.3, 0.4) is 0 Å². The fourth-order valence-corrected chi connectivity index (χ4v) is 3.30. The number of aromatic amines is 1. The van der Waals surface area contributed by atoms with Gasteiger partial charge in [-0.1, -0.05) is 0 Å². The summed E-state index contributed by atoms with van der Waals surface area (Å²) in [4.78, 5) is 14.0. The number of benzene rings is 1. The molecule has 1 heterocycles. The lowest BCUT2D eigenvalue weighted by molar-refractivity contribution is -0.384. The summed E-state index contributed by atoms with van der Waals surface area (Å²) in [5, 5.41) is 11.9. The first-order valence-corrected chi connectivity index (χ1v) is 6.72. The SMILES string of the molecule is O=[N+]([O-])c1cc(I)c2[nH]c3c(c2c1)CCCC3. The molecule has 0 radical (unpaired) electrons. The summed E-state index contributed by atoms with van der Waals surface area (Å²) in [5.41, 5.74) is 3.80. The van der Waals surface area contributed by atoms with Crippen molar-refractivity contribution < 1.29 is 4.92 Å². The van der Waals surface area contributed by atoms with E-state index in [9.17, 15) is 10.1 Å². The van der Waals surface area contributed by atoms with Crippen molar-refractivity contribution in [1.29, 1.82) is 0 Å². The summed E-state index contributed by atoms with van der Waals surface area (Å²) in [7, 11) is 0. The van der Waals surface area contributed by atoms with Gasteiger partial charge in [0, 0.05) is 26.8 Å². The Balaban J connectivity index is 2.32. The van der Waals surface area contributed by atoms with Crippen LogP contribution in [0.2, 0.25) is 0 Å². The van der Waals surface area contributed by atoms with Gasteiger partial charge in [0.1, 0.15) is 0 Å². The molecule has 1 aromatic carbocycles. The second kappa shape index (κ2) is 3.97. The van der Waals surface area contributed by atoms with E-state index in [2.05, 4.69) is 27.6 Å². The van der Waals surface area contributed by atoms with Gasteiger partial charge in [0.25, 0.3) is 5.69 Å². The van der Waals surface area contributed by atoms with Gasteiger partial charge in [-0.2, -0.15) is 0 Å². The summed E-state index contributed by atoms with van der Waals surface area (Å²) in [6, 6.07) is 3.34. The summed E-state index contributed by atoms with van der Waals surface area (Å²) in [6.07, 6.45) is 4.48. The average molecular weight is 342 g/mol. The van der Waals surface area contributed by atoms with E-state index in [0.29, 0.717) is 0 Å². The average Bonchev–Trinajstić information content (AvgIpc) is 2.68. The van der Waals surface area contributed by atoms with Crippen molar-refractivity contribution in [2.24, 2.45) is 0 Å². The van der Waals surface area contributed by atoms with Crippen LogP contribution in [-0.2, 0) is 12.8 Å². The van der Waals surface area contributed by atoms with Gasteiger partial charge in [-0.25, -0.2) is 0 Å². The van der Waals surface area contributed by atoms with E-state index in [1.165, 1.54) is 24.1 Å². The third-order valence-electron chi connectivity index (χ3n) is 3.35. The van der Waals surface area contributed by atoms with Crippen molar-refractivity contribution in [2.45, 2.75) is 25.7 Å². The molecule has 1 aromatic heterocycles. The molecule has 17 heavy (non-hydrogen) atoms. The van der Waals surface area contributed by atoms with Crippen LogP contribution in [0.15, 0.2) is 12.1 Å². The molecule has 0 spiro atoms. The summed E-state index contributed by atoms with van der Waals surface area (Å²) in [5.74, 6) is 0. The van der Waals surface area contributed by atoms with Crippen molar-refractivity contribution in [2.75, 3.05) is 0 Å². The predicted molar refractivity (Wildman–Crippen MR) is 74.3 cm³/mol. The maximum absolute atomic E-state index is 10.9. The van der Waals surface area contributed by atoms with E-state index in [1.807, 2.05) is 0 Å². The first-order chi connectivity index (χ1) is 8.16. The highest BCUT2D eigenvalue weighted by Gasteiger charge is 2.19. The first-order valence-electron chi connectivity index (χ1n) is 5.64.